The van der Waals surface area contributed by atoms with Crippen molar-refractivity contribution in [1.29, 1.82) is 0 Å². The molecule has 2 rings (SSSR count). The van der Waals surface area contributed by atoms with E-state index >= 15 is 0 Å². The lowest BCUT2D eigenvalue weighted by atomic mass is 10.2. The molecule has 0 aliphatic heterocycles. The second-order valence-corrected chi connectivity index (χ2v) is 5.58. The molecule has 1 N–H and O–H groups in total. The van der Waals surface area contributed by atoms with E-state index in [2.05, 4.69) is 21.2 Å². The number of amides is 1. The van der Waals surface area contributed by atoms with E-state index in [1.54, 1.807) is 25.3 Å². The van der Waals surface area contributed by atoms with E-state index in [0.29, 0.717) is 18.0 Å². The predicted molar refractivity (Wildman–Crippen MR) is 96.0 cm³/mol. The summed E-state index contributed by atoms with van der Waals surface area (Å²) in [5, 5.41) is 2.80. The van der Waals surface area contributed by atoms with Crippen LogP contribution in [0.5, 0.6) is 11.5 Å². The molecule has 0 bridgehead atoms. The Balaban J connectivity index is 2.03. The smallest absolute Gasteiger partial charge is 0.248 e. The Bertz CT molecular complexity index is 696. The molecule has 2 aromatic rings. The maximum absolute atomic E-state index is 12.0. The Morgan fingerprint density at radius 3 is 2.61 bits per heavy atom. The molecule has 0 saturated carbocycles. The topological polar surface area (TPSA) is 47.6 Å². The zero-order chi connectivity index (χ0) is 16.7. The van der Waals surface area contributed by atoms with Crippen LogP contribution in [0.25, 0.3) is 6.08 Å². The number of carbonyl (C=O) groups is 1. The van der Waals surface area contributed by atoms with E-state index in [-0.39, 0.29) is 5.91 Å². The molecule has 0 radical (unpaired) electrons. The summed E-state index contributed by atoms with van der Waals surface area (Å²) < 4.78 is 11.6. The first kappa shape index (κ1) is 17.1. The number of hydrogen-bond donors (Lipinski definition) is 1. The van der Waals surface area contributed by atoms with Gasteiger partial charge >= 0.3 is 0 Å². The van der Waals surface area contributed by atoms with Gasteiger partial charge in [-0.2, -0.15) is 0 Å². The Labute approximate surface area is 144 Å². The Morgan fingerprint density at radius 2 is 1.96 bits per heavy atom. The van der Waals surface area contributed by atoms with Crippen LogP contribution in [0.4, 0.5) is 5.69 Å². The summed E-state index contributed by atoms with van der Waals surface area (Å²) in [6, 6.07) is 12.9. The van der Waals surface area contributed by atoms with E-state index in [0.717, 1.165) is 15.8 Å². The van der Waals surface area contributed by atoms with Crippen molar-refractivity contribution in [3.8, 4) is 11.5 Å². The van der Waals surface area contributed by atoms with Gasteiger partial charge in [-0.25, -0.2) is 0 Å². The molecule has 0 unspecified atom stereocenters. The van der Waals surface area contributed by atoms with Gasteiger partial charge in [0.1, 0.15) is 11.5 Å². The quantitative estimate of drug-likeness (QED) is 0.755. The van der Waals surface area contributed by atoms with Gasteiger partial charge in [-0.3, -0.25) is 4.79 Å². The number of halogens is 1. The number of anilines is 1. The van der Waals surface area contributed by atoms with E-state index in [9.17, 15) is 4.79 Å². The number of hydrogen-bond acceptors (Lipinski definition) is 3. The molecule has 23 heavy (non-hydrogen) atoms. The third-order valence-electron chi connectivity index (χ3n) is 3.04. The summed E-state index contributed by atoms with van der Waals surface area (Å²) in [6.07, 6.45) is 3.19. The van der Waals surface area contributed by atoms with Crippen LogP contribution in [0, 0.1) is 0 Å². The highest BCUT2D eigenvalue weighted by atomic mass is 79.9. The van der Waals surface area contributed by atoms with Crippen molar-refractivity contribution in [3.05, 3.63) is 58.6 Å². The first-order valence-electron chi connectivity index (χ1n) is 7.18. The van der Waals surface area contributed by atoms with E-state index in [1.807, 2.05) is 37.3 Å². The van der Waals surface area contributed by atoms with Gasteiger partial charge in [-0.05, 0) is 55.5 Å². The maximum atomic E-state index is 12.0. The van der Waals surface area contributed by atoms with E-state index < -0.39 is 0 Å². The van der Waals surface area contributed by atoms with Gasteiger partial charge in [0, 0.05) is 21.8 Å². The molecule has 0 saturated heterocycles. The first-order chi connectivity index (χ1) is 11.1. The van der Waals surface area contributed by atoms with Gasteiger partial charge in [0.25, 0.3) is 0 Å². The lowest BCUT2D eigenvalue weighted by molar-refractivity contribution is -0.111. The minimum absolute atomic E-state index is 0.212. The summed E-state index contributed by atoms with van der Waals surface area (Å²) in [7, 11) is 1.60. The first-order valence-corrected chi connectivity index (χ1v) is 7.97. The molecule has 0 aromatic heterocycles. The summed E-state index contributed by atoms with van der Waals surface area (Å²) in [6.45, 7) is 2.54. The number of ether oxygens (including phenoxy) is 2. The monoisotopic (exact) mass is 375 g/mol. The van der Waals surface area contributed by atoms with Crippen LogP contribution in [0.1, 0.15) is 12.5 Å². The highest BCUT2D eigenvalue weighted by Gasteiger charge is 2.02. The van der Waals surface area contributed by atoms with Crippen LogP contribution in [0.2, 0.25) is 0 Å². The lowest BCUT2D eigenvalue weighted by Gasteiger charge is -2.06. The molecule has 2 aromatic carbocycles. The van der Waals surface area contributed by atoms with Crippen LogP contribution >= 0.6 is 15.9 Å². The largest absolute Gasteiger partial charge is 0.496 e. The standard InChI is InChI=1S/C18H18BrNO3/c1-3-23-16-8-6-15(7-9-16)20-18(21)11-4-13-12-14(19)5-10-17(13)22-2/h4-12H,3H2,1-2H3,(H,20,21)/b11-4+. The Hall–Kier alpha value is -2.27. The van der Waals surface area contributed by atoms with Crippen molar-refractivity contribution in [1.82, 2.24) is 0 Å². The van der Waals surface area contributed by atoms with E-state index in [1.165, 1.54) is 6.08 Å². The molecule has 0 heterocycles. The average Bonchev–Trinajstić information content (AvgIpc) is 2.55. The summed E-state index contributed by atoms with van der Waals surface area (Å²) in [5.41, 5.74) is 1.54. The van der Waals surface area contributed by atoms with Crippen LogP contribution in [0.3, 0.4) is 0 Å². The number of carbonyl (C=O) groups excluding carboxylic acids is 1. The fraction of sp³-hybridized carbons (Fsp3) is 0.167. The zero-order valence-electron chi connectivity index (χ0n) is 13.0. The zero-order valence-corrected chi connectivity index (χ0v) is 14.6. The van der Waals surface area contributed by atoms with Crippen molar-refractivity contribution >= 4 is 33.6 Å². The molecule has 4 nitrogen and oxygen atoms in total. The van der Waals surface area contributed by atoms with Crippen LogP contribution < -0.4 is 14.8 Å². The van der Waals surface area contributed by atoms with Gasteiger partial charge in [-0.1, -0.05) is 15.9 Å². The number of rotatable bonds is 6. The molecule has 0 aliphatic carbocycles. The van der Waals surface area contributed by atoms with Crippen molar-refractivity contribution in [2.75, 3.05) is 19.0 Å². The van der Waals surface area contributed by atoms with Gasteiger partial charge < -0.3 is 14.8 Å². The van der Waals surface area contributed by atoms with Crippen molar-refractivity contribution in [2.24, 2.45) is 0 Å². The molecule has 0 spiro atoms. The molecule has 0 atom stereocenters. The van der Waals surface area contributed by atoms with Gasteiger partial charge in [0.2, 0.25) is 5.91 Å². The predicted octanol–water partition coefficient (Wildman–Crippen LogP) is 4.51. The van der Waals surface area contributed by atoms with Crippen LogP contribution in [-0.4, -0.2) is 19.6 Å². The molecule has 120 valence electrons. The average molecular weight is 376 g/mol. The van der Waals surface area contributed by atoms with Crippen molar-refractivity contribution in [2.45, 2.75) is 6.92 Å². The summed E-state index contributed by atoms with van der Waals surface area (Å²) in [5.74, 6) is 1.27. The minimum atomic E-state index is -0.212. The molecule has 0 fully saturated rings. The Kier molecular flexibility index (Phi) is 6.23. The number of methoxy groups -OCH3 is 1. The molecular weight excluding hydrogens is 358 g/mol. The molecule has 1 amide bonds. The minimum Gasteiger partial charge on any atom is -0.496 e. The fourth-order valence-electron chi connectivity index (χ4n) is 1.99. The second-order valence-electron chi connectivity index (χ2n) is 4.67. The van der Waals surface area contributed by atoms with Crippen molar-refractivity contribution in [3.63, 3.8) is 0 Å². The normalized spacial score (nSPS) is 10.6. The maximum Gasteiger partial charge on any atom is 0.248 e. The van der Waals surface area contributed by atoms with Gasteiger partial charge in [0.15, 0.2) is 0 Å². The van der Waals surface area contributed by atoms with Crippen LogP contribution in [-0.2, 0) is 4.79 Å². The van der Waals surface area contributed by atoms with Gasteiger partial charge in [-0.15, -0.1) is 0 Å². The summed E-state index contributed by atoms with van der Waals surface area (Å²) >= 11 is 3.40. The highest BCUT2D eigenvalue weighted by molar-refractivity contribution is 9.10. The van der Waals surface area contributed by atoms with Crippen molar-refractivity contribution < 1.29 is 14.3 Å². The fourth-order valence-corrected chi connectivity index (χ4v) is 2.36. The highest BCUT2D eigenvalue weighted by Crippen LogP contribution is 2.24. The molecular formula is C18H18BrNO3. The van der Waals surface area contributed by atoms with Crippen LogP contribution in [0.15, 0.2) is 53.0 Å². The lowest BCUT2D eigenvalue weighted by Crippen LogP contribution is -2.07. The number of nitrogens with one attached hydrogen (secondary N) is 1. The van der Waals surface area contributed by atoms with Gasteiger partial charge in [0.05, 0.1) is 13.7 Å². The molecule has 5 heteroatoms. The summed E-state index contributed by atoms with van der Waals surface area (Å²) in [4.78, 5) is 12.0. The third-order valence-corrected chi connectivity index (χ3v) is 3.53. The number of benzene rings is 2. The molecule has 0 aliphatic rings. The SMILES string of the molecule is CCOc1ccc(NC(=O)/C=C/c2cc(Br)ccc2OC)cc1. The Morgan fingerprint density at radius 1 is 1.22 bits per heavy atom. The van der Waals surface area contributed by atoms with E-state index in [4.69, 9.17) is 9.47 Å². The third kappa shape index (κ3) is 5.14. The second kappa shape index (κ2) is 8.39.